The van der Waals surface area contributed by atoms with Gasteiger partial charge in [0.25, 0.3) is 0 Å². The number of benzene rings is 1. The number of anilines is 1. The molecule has 1 amide bonds. The summed E-state index contributed by atoms with van der Waals surface area (Å²) in [6.07, 6.45) is 2.07. The fourth-order valence-corrected chi connectivity index (χ4v) is 4.05. The molecule has 6 nitrogen and oxygen atoms in total. The largest absolute Gasteiger partial charge is 0.324 e. The molecule has 0 spiro atoms. The number of nitrogens with zero attached hydrogens (tertiary/aromatic N) is 1. The number of H-pyrrole nitrogens is 1. The van der Waals surface area contributed by atoms with Crippen LogP contribution in [0.1, 0.15) is 6.42 Å². The van der Waals surface area contributed by atoms with Crippen molar-refractivity contribution in [2.24, 2.45) is 5.92 Å². The zero-order chi connectivity index (χ0) is 13.5. The second-order valence-electron chi connectivity index (χ2n) is 4.73. The van der Waals surface area contributed by atoms with E-state index in [1.165, 1.54) is 0 Å². The van der Waals surface area contributed by atoms with Crippen molar-refractivity contribution >= 4 is 32.3 Å². The van der Waals surface area contributed by atoms with E-state index in [1.54, 1.807) is 12.3 Å². The van der Waals surface area contributed by atoms with Crippen LogP contribution < -0.4 is 5.32 Å². The van der Waals surface area contributed by atoms with Gasteiger partial charge in [-0.25, -0.2) is 8.42 Å². The molecule has 0 saturated carbocycles. The maximum absolute atomic E-state index is 12.1. The van der Waals surface area contributed by atoms with Crippen LogP contribution in [0, 0.1) is 5.92 Å². The van der Waals surface area contributed by atoms with E-state index in [-0.39, 0.29) is 17.4 Å². The molecule has 2 aromatic rings. The Morgan fingerprint density at radius 1 is 1.42 bits per heavy atom. The number of fused-ring (bicyclic) bond motifs is 1. The molecule has 0 aliphatic carbocycles. The van der Waals surface area contributed by atoms with E-state index >= 15 is 0 Å². The highest BCUT2D eigenvalue weighted by Crippen LogP contribution is 2.24. The minimum atomic E-state index is -3.05. The second-order valence-corrected chi connectivity index (χ2v) is 6.96. The summed E-state index contributed by atoms with van der Waals surface area (Å²) in [6, 6.07) is 5.47. The molecular weight excluding hydrogens is 266 g/mol. The number of hydrogen-bond donors (Lipinski definition) is 2. The fourth-order valence-electron chi connectivity index (χ4n) is 2.31. The van der Waals surface area contributed by atoms with Crippen LogP contribution in [0.25, 0.3) is 10.9 Å². The lowest BCUT2D eigenvalue weighted by molar-refractivity contribution is -0.119. The van der Waals surface area contributed by atoms with Gasteiger partial charge in [0, 0.05) is 5.39 Å². The summed E-state index contributed by atoms with van der Waals surface area (Å²) >= 11 is 0. The molecule has 1 saturated heterocycles. The van der Waals surface area contributed by atoms with Crippen LogP contribution in [0.2, 0.25) is 0 Å². The Balaban J connectivity index is 1.82. The van der Waals surface area contributed by atoms with E-state index < -0.39 is 15.8 Å². The molecule has 7 heteroatoms. The van der Waals surface area contributed by atoms with Gasteiger partial charge in [-0.2, -0.15) is 5.10 Å². The van der Waals surface area contributed by atoms with Crippen molar-refractivity contribution in [3.63, 3.8) is 0 Å². The first-order valence-corrected chi connectivity index (χ1v) is 7.81. The SMILES string of the molecule is O=C(Nc1cccc2cn[nH]c12)C1CCS(=O)(=O)C1. The molecule has 1 aromatic heterocycles. The molecule has 1 aliphatic heterocycles. The molecule has 1 fully saturated rings. The van der Waals surface area contributed by atoms with Crippen LogP contribution in [-0.4, -0.2) is 36.0 Å². The first kappa shape index (κ1) is 12.2. The third kappa shape index (κ3) is 2.33. The Hall–Kier alpha value is -1.89. The molecular formula is C12H13N3O3S. The summed E-state index contributed by atoms with van der Waals surface area (Å²) in [5.41, 5.74) is 1.38. The number of rotatable bonds is 2. The Labute approximate surface area is 110 Å². The van der Waals surface area contributed by atoms with Gasteiger partial charge >= 0.3 is 0 Å². The standard InChI is InChI=1S/C12H13N3O3S/c16-12(9-4-5-19(17,18)7-9)14-10-3-1-2-8-6-13-15-11(8)10/h1-3,6,9H,4-5,7H2,(H,13,15)(H,14,16). The van der Waals surface area contributed by atoms with E-state index in [1.807, 2.05) is 12.1 Å². The summed E-state index contributed by atoms with van der Waals surface area (Å²) in [5, 5.41) is 10.4. The van der Waals surface area contributed by atoms with Crippen molar-refractivity contribution in [2.75, 3.05) is 16.8 Å². The third-order valence-corrected chi connectivity index (χ3v) is 5.11. The number of para-hydroxylation sites is 1. The van der Waals surface area contributed by atoms with Gasteiger partial charge in [0.1, 0.15) is 0 Å². The van der Waals surface area contributed by atoms with Crippen LogP contribution >= 0.6 is 0 Å². The van der Waals surface area contributed by atoms with E-state index in [0.717, 1.165) is 10.9 Å². The quantitative estimate of drug-likeness (QED) is 0.855. The molecule has 1 unspecified atom stereocenters. The second kappa shape index (κ2) is 4.34. The highest BCUT2D eigenvalue weighted by Gasteiger charge is 2.33. The zero-order valence-corrected chi connectivity index (χ0v) is 10.9. The number of aromatic amines is 1. The Kier molecular flexibility index (Phi) is 2.78. The van der Waals surface area contributed by atoms with Gasteiger partial charge in [0.05, 0.1) is 34.8 Å². The number of carbonyl (C=O) groups excluding carboxylic acids is 1. The van der Waals surface area contributed by atoms with Gasteiger partial charge in [0.15, 0.2) is 9.84 Å². The molecule has 1 atom stereocenters. The Bertz CT molecular complexity index is 736. The van der Waals surface area contributed by atoms with Crippen molar-refractivity contribution in [2.45, 2.75) is 6.42 Å². The van der Waals surface area contributed by atoms with Crippen molar-refractivity contribution in [1.82, 2.24) is 10.2 Å². The lowest BCUT2D eigenvalue weighted by Crippen LogP contribution is -2.23. The van der Waals surface area contributed by atoms with Crippen LogP contribution in [0.4, 0.5) is 5.69 Å². The number of amides is 1. The van der Waals surface area contributed by atoms with Crippen LogP contribution in [0.3, 0.4) is 0 Å². The van der Waals surface area contributed by atoms with Gasteiger partial charge in [0.2, 0.25) is 5.91 Å². The van der Waals surface area contributed by atoms with E-state index in [9.17, 15) is 13.2 Å². The summed E-state index contributed by atoms with van der Waals surface area (Å²) in [7, 11) is -3.05. The molecule has 0 radical (unpaired) electrons. The molecule has 100 valence electrons. The molecule has 2 N–H and O–H groups in total. The Morgan fingerprint density at radius 3 is 3.00 bits per heavy atom. The molecule has 1 aliphatic rings. The molecule has 2 heterocycles. The predicted molar refractivity (Wildman–Crippen MR) is 71.5 cm³/mol. The average Bonchev–Trinajstić information content (AvgIpc) is 2.95. The maximum Gasteiger partial charge on any atom is 0.228 e. The molecule has 3 rings (SSSR count). The minimum Gasteiger partial charge on any atom is -0.324 e. The first-order valence-electron chi connectivity index (χ1n) is 5.98. The number of aromatic nitrogens is 2. The molecule has 19 heavy (non-hydrogen) atoms. The maximum atomic E-state index is 12.1. The van der Waals surface area contributed by atoms with Gasteiger partial charge in [-0.15, -0.1) is 0 Å². The number of nitrogens with one attached hydrogen (secondary N) is 2. The van der Waals surface area contributed by atoms with Crippen LogP contribution in [0.15, 0.2) is 24.4 Å². The van der Waals surface area contributed by atoms with E-state index in [4.69, 9.17) is 0 Å². The summed E-state index contributed by atoms with van der Waals surface area (Å²) in [5.74, 6) is -0.664. The summed E-state index contributed by atoms with van der Waals surface area (Å²) < 4.78 is 22.7. The van der Waals surface area contributed by atoms with Gasteiger partial charge < -0.3 is 5.32 Å². The summed E-state index contributed by atoms with van der Waals surface area (Å²) in [4.78, 5) is 12.1. The van der Waals surface area contributed by atoms with Crippen molar-refractivity contribution in [3.05, 3.63) is 24.4 Å². The predicted octanol–water partition coefficient (Wildman–Crippen LogP) is 0.936. The molecule has 1 aromatic carbocycles. The van der Waals surface area contributed by atoms with Crippen LogP contribution in [-0.2, 0) is 14.6 Å². The minimum absolute atomic E-state index is 0.0578. The summed E-state index contributed by atoms with van der Waals surface area (Å²) in [6.45, 7) is 0. The lowest BCUT2D eigenvalue weighted by atomic mass is 10.1. The number of carbonyl (C=O) groups is 1. The number of hydrogen-bond acceptors (Lipinski definition) is 4. The van der Waals surface area contributed by atoms with Gasteiger partial charge in [-0.1, -0.05) is 12.1 Å². The van der Waals surface area contributed by atoms with Crippen molar-refractivity contribution in [1.29, 1.82) is 0 Å². The van der Waals surface area contributed by atoms with Gasteiger partial charge in [-0.3, -0.25) is 9.89 Å². The van der Waals surface area contributed by atoms with Crippen molar-refractivity contribution < 1.29 is 13.2 Å². The lowest BCUT2D eigenvalue weighted by Gasteiger charge is -2.09. The van der Waals surface area contributed by atoms with E-state index in [0.29, 0.717) is 12.1 Å². The topological polar surface area (TPSA) is 91.9 Å². The van der Waals surface area contributed by atoms with Gasteiger partial charge in [-0.05, 0) is 12.5 Å². The van der Waals surface area contributed by atoms with Crippen molar-refractivity contribution in [3.8, 4) is 0 Å². The monoisotopic (exact) mass is 279 g/mol. The number of sulfone groups is 1. The molecule has 0 bridgehead atoms. The third-order valence-electron chi connectivity index (χ3n) is 3.34. The zero-order valence-electron chi connectivity index (χ0n) is 10.1. The first-order chi connectivity index (χ1) is 9.05. The Morgan fingerprint density at radius 2 is 2.26 bits per heavy atom. The highest BCUT2D eigenvalue weighted by atomic mass is 32.2. The normalized spacial score (nSPS) is 21.6. The van der Waals surface area contributed by atoms with E-state index in [2.05, 4.69) is 15.5 Å². The van der Waals surface area contributed by atoms with Crippen LogP contribution in [0.5, 0.6) is 0 Å². The fraction of sp³-hybridized carbons (Fsp3) is 0.333. The average molecular weight is 279 g/mol. The highest BCUT2D eigenvalue weighted by molar-refractivity contribution is 7.91. The smallest absolute Gasteiger partial charge is 0.228 e.